The summed E-state index contributed by atoms with van der Waals surface area (Å²) in [5.41, 5.74) is 2.67. The lowest BCUT2D eigenvalue weighted by Gasteiger charge is -2.22. The van der Waals surface area contributed by atoms with Gasteiger partial charge in [0.15, 0.2) is 5.12 Å². The molecular formula is C32H49FOS. The van der Waals surface area contributed by atoms with Crippen molar-refractivity contribution in [1.82, 2.24) is 0 Å². The fraction of sp³-hybridized carbons (Fsp3) is 0.656. The molecule has 1 fully saturated rings. The number of rotatable bonds is 15. The van der Waals surface area contributed by atoms with Crippen LogP contribution in [0.3, 0.4) is 0 Å². The van der Waals surface area contributed by atoms with Crippen molar-refractivity contribution in [2.75, 3.05) is 0 Å². The van der Waals surface area contributed by atoms with Crippen LogP contribution in [0.4, 0.5) is 4.39 Å². The summed E-state index contributed by atoms with van der Waals surface area (Å²) in [6.07, 6.45) is 25.0. The van der Waals surface area contributed by atoms with Crippen LogP contribution in [-0.2, 0) is 4.79 Å². The van der Waals surface area contributed by atoms with Gasteiger partial charge in [-0.05, 0) is 81.4 Å². The van der Waals surface area contributed by atoms with Crippen LogP contribution in [0.2, 0.25) is 0 Å². The van der Waals surface area contributed by atoms with Crippen LogP contribution < -0.4 is 0 Å². The normalized spacial score (nSPS) is 17.1. The summed E-state index contributed by atoms with van der Waals surface area (Å²) in [5, 5.41) is 0.140. The smallest absolute Gasteiger partial charge is 0.196 e. The van der Waals surface area contributed by atoms with E-state index in [1.54, 1.807) is 11.6 Å². The largest absolute Gasteiger partial charge is 0.287 e. The zero-order chi connectivity index (χ0) is 25.5. The van der Waals surface area contributed by atoms with Crippen LogP contribution in [-0.4, -0.2) is 5.12 Å². The van der Waals surface area contributed by atoms with E-state index in [-0.39, 0.29) is 16.9 Å². The summed E-state index contributed by atoms with van der Waals surface area (Å²) in [7, 11) is 0. The van der Waals surface area contributed by atoms with E-state index in [0.29, 0.717) is 5.92 Å². The lowest BCUT2D eigenvalue weighted by molar-refractivity contribution is -0.114. The first-order valence-electron chi connectivity index (χ1n) is 14.2. The average Bonchev–Trinajstić information content (AvgIpc) is 2.84. The maximum Gasteiger partial charge on any atom is 0.196 e. The summed E-state index contributed by atoms with van der Waals surface area (Å²) in [6.45, 7) is 8.50. The molecule has 1 aromatic carbocycles. The number of unbranched alkanes of at least 4 members (excludes halogenated alkanes) is 2. The predicted molar refractivity (Wildman–Crippen MR) is 151 cm³/mol. The van der Waals surface area contributed by atoms with E-state index in [1.165, 1.54) is 88.1 Å². The van der Waals surface area contributed by atoms with Crippen molar-refractivity contribution in [3.05, 3.63) is 53.4 Å². The lowest BCUT2D eigenvalue weighted by atomic mass is 9.83. The number of allylic oxidation sites excluding steroid dienone is 4. The maximum absolute atomic E-state index is 13.5. The summed E-state index contributed by atoms with van der Waals surface area (Å²) in [5.74, 6) is 1.21. The Kier molecular flexibility index (Phi) is 14.7. The van der Waals surface area contributed by atoms with E-state index in [0.717, 1.165) is 42.1 Å². The van der Waals surface area contributed by atoms with Gasteiger partial charge in [-0.25, -0.2) is 4.39 Å². The zero-order valence-corrected chi connectivity index (χ0v) is 23.6. The van der Waals surface area contributed by atoms with Crippen molar-refractivity contribution >= 4 is 16.9 Å². The van der Waals surface area contributed by atoms with Crippen molar-refractivity contribution in [3.63, 3.8) is 0 Å². The van der Waals surface area contributed by atoms with Gasteiger partial charge in [0.1, 0.15) is 5.82 Å². The van der Waals surface area contributed by atoms with Crippen molar-refractivity contribution in [3.8, 4) is 0 Å². The molecule has 1 aliphatic carbocycles. The van der Waals surface area contributed by atoms with Crippen molar-refractivity contribution in [2.45, 2.75) is 122 Å². The number of carbonyl (C=O) groups is 1. The quantitative estimate of drug-likeness (QED) is 0.135. The monoisotopic (exact) mass is 500 g/mol. The third kappa shape index (κ3) is 12.4. The van der Waals surface area contributed by atoms with E-state index in [2.05, 4.69) is 32.1 Å². The van der Waals surface area contributed by atoms with Gasteiger partial charge < -0.3 is 0 Å². The minimum absolute atomic E-state index is 0.00318. The molecule has 2 rings (SSSR count). The predicted octanol–water partition coefficient (Wildman–Crippen LogP) is 10.6. The molecule has 0 heterocycles. The Balaban J connectivity index is 1.61. The summed E-state index contributed by atoms with van der Waals surface area (Å²) in [6, 6.07) is 4.65. The maximum atomic E-state index is 13.5. The van der Waals surface area contributed by atoms with Crippen LogP contribution in [0.1, 0.15) is 116 Å². The second-order valence-corrected chi connectivity index (χ2v) is 11.9. The van der Waals surface area contributed by atoms with Gasteiger partial charge in [0.05, 0.1) is 0 Å². The molecule has 0 N–H and O–H groups in total. The Bertz CT molecular complexity index is 806. The summed E-state index contributed by atoms with van der Waals surface area (Å²) >= 11 is 1.19. The van der Waals surface area contributed by atoms with Gasteiger partial charge in [-0.1, -0.05) is 107 Å². The molecule has 196 valence electrons. The van der Waals surface area contributed by atoms with Gasteiger partial charge in [0.25, 0.3) is 0 Å². The topological polar surface area (TPSA) is 17.1 Å². The highest BCUT2D eigenvalue weighted by molar-refractivity contribution is 8.13. The van der Waals surface area contributed by atoms with Crippen molar-refractivity contribution < 1.29 is 9.18 Å². The van der Waals surface area contributed by atoms with Crippen LogP contribution >= 0.6 is 11.8 Å². The third-order valence-electron chi connectivity index (χ3n) is 7.38. The Morgan fingerprint density at radius 3 is 2.63 bits per heavy atom. The van der Waals surface area contributed by atoms with Gasteiger partial charge in [-0.2, -0.15) is 0 Å². The second kappa shape index (κ2) is 17.2. The number of hydrogen-bond donors (Lipinski definition) is 0. The van der Waals surface area contributed by atoms with Crippen LogP contribution in [0.5, 0.6) is 0 Å². The average molecular weight is 501 g/mol. The molecule has 0 aromatic heterocycles. The third-order valence-corrected chi connectivity index (χ3v) is 8.64. The molecule has 0 spiro atoms. The lowest BCUT2D eigenvalue weighted by Crippen LogP contribution is -2.07. The number of aryl methyl sites for hydroxylation is 1. The number of benzene rings is 1. The second-order valence-electron chi connectivity index (χ2n) is 10.8. The standard InChI is InChI=1S/C32H49FOS/c1-5-14-28(23-29-19-11-8-12-20-29)18-10-7-6-9-15-25(2)16-13-17-27(4)32(34)35-31-24-30(33)22-21-26(31)3/h9,15,18,21-22,24-25,27,29H,5-8,10-14,16-17,19-20,23H2,1-4H3. The van der Waals surface area contributed by atoms with Gasteiger partial charge in [-0.3, -0.25) is 4.79 Å². The van der Waals surface area contributed by atoms with Gasteiger partial charge in [0, 0.05) is 10.8 Å². The fourth-order valence-corrected chi connectivity index (χ4v) is 6.03. The first-order valence-corrected chi connectivity index (χ1v) is 15.0. The van der Waals surface area contributed by atoms with E-state index >= 15 is 0 Å². The highest BCUT2D eigenvalue weighted by Gasteiger charge is 2.16. The van der Waals surface area contributed by atoms with E-state index in [1.807, 2.05) is 13.8 Å². The molecular weight excluding hydrogens is 451 g/mol. The molecule has 1 aliphatic rings. The molecule has 1 aromatic rings. The molecule has 0 bridgehead atoms. The number of thioether (sulfide) groups is 1. The van der Waals surface area contributed by atoms with Crippen molar-refractivity contribution in [2.24, 2.45) is 17.8 Å². The molecule has 35 heavy (non-hydrogen) atoms. The zero-order valence-electron chi connectivity index (χ0n) is 22.8. The number of carbonyl (C=O) groups excluding carboxylic acids is 1. The molecule has 0 saturated heterocycles. The van der Waals surface area contributed by atoms with Crippen molar-refractivity contribution in [1.29, 1.82) is 0 Å². The summed E-state index contributed by atoms with van der Waals surface area (Å²) in [4.78, 5) is 13.3. The van der Waals surface area contributed by atoms with Gasteiger partial charge in [-0.15, -0.1) is 0 Å². The molecule has 0 aliphatic heterocycles. The van der Waals surface area contributed by atoms with Crippen LogP contribution in [0.15, 0.2) is 46.9 Å². The Hall–Kier alpha value is -1.35. The van der Waals surface area contributed by atoms with Crippen LogP contribution in [0, 0.1) is 30.5 Å². The number of halogens is 1. The van der Waals surface area contributed by atoms with Gasteiger partial charge in [0.2, 0.25) is 0 Å². The molecule has 0 radical (unpaired) electrons. The fourth-order valence-electron chi connectivity index (χ4n) is 5.09. The number of hydrogen-bond acceptors (Lipinski definition) is 2. The minimum atomic E-state index is -0.281. The highest BCUT2D eigenvalue weighted by Crippen LogP contribution is 2.31. The first-order chi connectivity index (χ1) is 16.9. The molecule has 2 atom stereocenters. The van der Waals surface area contributed by atoms with E-state index < -0.39 is 0 Å². The minimum Gasteiger partial charge on any atom is -0.287 e. The highest BCUT2D eigenvalue weighted by atomic mass is 32.2. The molecule has 3 heteroatoms. The SMILES string of the molecule is CCCC(=CCCCC=CC(C)CCCC(C)C(=O)Sc1cc(F)ccc1C)CC1CCCCC1. The molecule has 0 amide bonds. The molecule has 1 saturated carbocycles. The van der Waals surface area contributed by atoms with E-state index in [9.17, 15) is 9.18 Å². The Morgan fingerprint density at radius 1 is 1.11 bits per heavy atom. The summed E-state index contributed by atoms with van der Waals surface area (Å²) < 4.78 is 13.5. The molecule has 2 unspecified atom stereocenters. The van der Waals surface area contributed by atoms with E-state index in [4.69, 9.17) is 0 Å². The Morgan fingerprint density at radius 2 is 1.89 bits per heavy atom. The van der Waals surface area contributed by atoms with Gasteiger partial charge >= 0.3 is 0 Å². The first kappa shape index (κ1) is 29.9. The van der Waals surface area contributed by atoms with Crippen LogP contribution in [0.25, 0.3) is 0 Å². The molecule has 1 nitrogen and oxygen atoms in total. The Labute approximate surface area is 219 Å².